The van der Waals surface area contributed by atoms with E-state index in [1.54, 1.807) is 57.4 Å². The van der Waals surface area contributed by atoms with Gasteiger partial charge in [0.05, 0.1) is 15.5 Å². The van der Waals surface area contributed by atoms with Gasteiger partial charge in [0.2, 0.25) is 20.0 Å². The van der Waals surface area contributed by atoms with Crippen LogP contribution < -0.4 is 10.6 Å². The first-order chi connectivity index (χ1) is 27.2. The summed E-state index contributed by atoms with van der Waals surface area (Å²) in [5.74, 6) is 0. The van der Waals surface area contributed by atoms with Crippen LogP contribution in [0.15, 0.2) is 144 Å². The molecule has 8 rings (SSSR count). The molecule has 6 aromatic rings. The lowest BCUT2D eigenvalue weighted by Crippen LogP contribution is -2.36. The Hall–Kier alpha value is -5.08. The Balaban J connectivity index is 0.873. The third kappa shape index (κ3) is 8.51. The largest absolute Gasteiger partial charge is 0.309 e. The summed E-state index contributed by atoms with van der Waals surface area (Å²) in [7, 11) is -7.30. The molecule has 4 aromatic carbocycles. The van der Waals surface area contributed by atoms with Crippen molar-refractivity contribution in [2.75, 3.05) is 13.1 Å². The van der Waals surface area contributed by atoms with Crippen LogP contribution in [0.5, 0.6) is 0 Å². The highest BCUT2D eigenvalue weighted by Gasteiger charge is 2.30. The van der Waals surface area contributed by atoms with Crippen molar-refractivity contribution in [2.45, 2.75) is 61.9 Å². The van der Waals surface area contributed by atoms with Crippen LogP contribution in [0.1, 0.15) is 44.5 Å². The van der Waals surface area contributed by atoms with Crippen LogP contribution in [0.25, 0.3) is 11.3 Å². The van der Waals surface area contributed by atoms with Crippen molar-refractivity contribution in [1.82, 2.24) is 29.2 Å². The van der Waals surface area contributed by atoms with E-state index in [9.17, 15) is 16.8 Å². The van der Waals surface area contributed by atoms with Crippen molar-refractivity contribution in [3.63, 3.8) is 0 Å². The highest BCUT2D eigenvalue weighted by molar-refractivity contribution is 7.89. The van der Waals surface area contributed by atoms with Crippen molar-refractivity contribution < 1.29 is 16.8 Å². The SMILES string of the molecule is O=S(=O)(c1cccc(CNCc2ccnc(-c3ccc4c(c3)CCN(S(=O)(=O)c3cccc(CNCc5cccnc5)c3)C4)c2)c1)N1CCc2ccccc2C1. The number of sulfonamides is 2. The second-order valence-corrected chi connectivity index (χ2v) is 18.2. The van der Waals surface area contributed by atoms with E-state index in [-0.39, 0.29) is 0 Å². The Morgan fingerprint density at radius 3 is 1.73 bits per heavy atom. The topological polar surface area (TPSA) is 125 Å². The smallest absolute Gasteiger partial charge is 0.243 e. The summed E-state index contributed by atoms with van der Waals surface area (Å²) in [4.78, 5) is 9.40. The molecular weight excluding hydrogens is 741 g/mol. The maximum absolute atomic E-state index is 13.8. The molecule has 0 unspecified atom stereocenters. The number of rotatable bonds is 13. The van der Waals surface area contributed by atoms with E-state index in [0.717, 1.165) is 50.2 Å². The first-order valence-electron chi connectivity index (χ1n) is 18.8. The van der Waals surface area contributed by atoms with Crippen LogP contribution in [0.4, 0.5) is 0 Å². The molecule has 0 atom stereocenters. The average Bonchev–Trinajstić information content (AvgIpc) is 3.24. The van der Waals surface area contributed by atoms with Gasteiger partial charge in [-0.3, -0.25) is 9.97 Å². The summed E-state index contributed by atoms with van der Waals surface area (Å²) in [6, 6.07) is 36.5. The number of nitrogens with one attached hydrogen (secondary N) is 2. The monoisotopic (exact) mass is 784 g/mol. The molecule has 2 aliphatic heterocycles. The summed E-state index contributed by atoms with van der Waals surface area (Å²) in [5.41, 5.74) is 10.1. The minimum atomic E-state index is -3.68. The zero-order valence-electron chi connectivity index (χ0n) is 31.0. The van der Waals surface area contributed by atoms with Gasteiger partial charge in [0, 0.05) is 76.5 Å². The van der Waals surface area contributed by atoms with Crippen LogP contribution >= 0.6 is 0 Å². The second kappa shape index (κ2) is 16.6. The lowest BCUT2D eigenvalue weighted by Gasteiger charge is -2.28. The first-order valence-corrected chi connectivity index (χ1v) is 21.7. The fraction of sp³-hybridized carbons (Fsp3) is 0.227. The molecule has 12 heteroatoms. The van der Waals surface area contributed by atoms with Gasteiger partial charge >= 0.3 is 0 Å². The maximum Gasteiger partial charge on any atom is 0.243 e. The van der Waals surface area contributed by atoms with E-state index < -0.39 is 20.0 Å². The van der Waals surface area contributed by atoms with Gasteiger partial charge in [-0.1, -0.05) is 66.7 Å². The van der Waals surface area contributed by atoms with E-state index in [1.807, 2.05) is 66.9 Å². The fourth-order valence-electron chi connectivity index (χ4n) is 7.44. The number of benzene rings is 4. The predicted octanol–water partition coefficient (Wildman–Crippen LogP) is 6.22. The lowest BCUT2D eigenvalue weighted by atomic mass is 9.97. The van der Waals surface area contributed by atoms with Gasteiger partial charge in [-0.2, -0.15) is 8.61 Å². The van der Waals surface area contributed by atoms with E-state index in [2.05, 4.69) is 38.8 Å². The van der Waals surface area contributed by atoms with Crippen LogP contribution in [0.2, 0.25) is 0 Å². The van der Waals surface area contributed by atoms with Gasteiger partial charge in [-0.25, -0.2) is 16.8 Å². The van der Waals surface area contributed by atoms with Gasteiger partial charge in [-0.05, 0) is 106 Å². The summed E-state index contributed by atoms with van der Waals surface area (Å²) in [6.45, 7) is 3.85. The van der Waals surface area contributed by atoms with Crippen LogP contribution in [0.3, 0.4) is 0 Å². The first kappa shape index (κ1) is 37.8. The maximum atomic E-state index is 13.8. The van der Waals surface area contributed by atoms with Crippen LogP contribution in [-0.4, -0.2) is 48.5 Å². The minimum Gasteiger partial charge on any atom is -0.309 e. The normalized spacial score (nSPS) is 14.9. The van der Waals surface area contributed by atoms with Crippen molar-refractivity contribution >= 4 is 20.0 Å². The Morgan fingerprint density at radius 2 is 1.09 bits per heavy atom. The summed E-state index contributed by atoms with van der Waals surface area (Å²) in [6.07, 6.45) is 6.67. The van der Waals surface area contributed by atoms with Crippen molar-refractivity contribution in [1.29, 1.82) is 0 Å². The average molecular weight is 785 g/mol. The third-order valence-electron chi connectivity index (χ3n) is 10.5. The van der Waals surface area contributed by atoms with E-state index >= 15 is 0 Å². The Labute approximate surface area is 329 Å². The molecule has 0 fully saturated rings. The van der Waals surface area contributed by atoms with E-state index in [1.165, 1.54) is 5.56 Å². The van der Waals surface area contributed by atoms with E-state index in [4.69, 9.17) is 0 Å². The van der Waals surface area contributed by atoms with Crippen molar-refractivity contribution in [3.8, 4) is 11.3 Å². The Bertz CT molecular complexity index is 2570. The summed E-state index contributed by atoms with van der Waals surface area (Å²) in [5, 5.41) is 6.84. The quantitative estimate of drug-likeness (QED) is 0.142. The predicted molar refractivity (Wildman–Crippen MR) is 217 cm³/mol. The highest BCUT2D eigenvalue weighted by Crippen LogP contribution is 2.30. The Morgan fingerprint density at radius 1 is 0.518 bits per heavy atom. The second-order valence-electron chi connectivity index (χ2n) is 14.3. The summed E-state index contributed by atoms with van der Waals surface area (Å²) >= 11 is 0. The Kier molecular flexibility index (Phi) is 11.2. The van der Waals surface area contributed by atoms with Crippen molar-refractivity contribution in [2.24, 2.45) is 0 Å². The molecule has 0 saturated carbocycles. The van der Waals surface area contributed by atoms with Crippen LogP contribution in [0, 0.1) is 0 Å². The molecule has 0 amide bonds. The number of pyridine rings is 2. The minimum absolute atomic E-state index is 0.301. The highest BCUT2D eigenvalue weighted by atomic mass is 32.2. The molecule has 0 saturated heterocycles. The molecule has 56 heavy (non-hydrogen) atoms. The van der Waals surface area contributed by atoms with Gasteiger partial charge in [0.1, 0.15) is 0 Å². The van der Waals surface area contributed by atoms with Crippen molar-refractivity contribution in [3.05, 3.63) is 178 Å². The molecule has 2 aromatic heterocycles. The number of nitrogens with zero attached hydrogens (tertiary/aromatic N) is 4. The zero-order chi connectivity index (χ0) is 38.5. The lowest BCUT2D eigenvalue weighted by molar-refractivity contribution is 0.391. The molecule has 2 N–H and O–H groups in total. The van der Waals surface area contributed by atoms with Gasteiger partial charge in [-0.15, -0.1) is 0 Å². The molecule has 10 nitrogen and oxygen atoms in total. The number of aromatic nitrogens is 2. The number of hydrogen-bond donors (Lipinski definition) is 2. The molecule has 286 valence electrons. The van der Waals surface area contributed by atoms with Gasteiger partial charge in [0.15, 0.2) is 0 Å². The molecule has 0 spiro atoms. The number of fused-ring (bicyclic) bond motifs is 2. The standard InChI is InChI=1S/C44H44N6O4S2/c51-55(52,49-20-16-37-9-1-2-10-40(37)31-49)42-11-3-6-33(22-42)26-46-28-35-15-19-48-44(24-35)39-13-14-41-32-50(21-17-38(41)25-39)56(53,54)43-12-4-7-34(23-43)27-47-30-36-8-5-18-45-29-36/h1-15,18-19,22-25,29,46-47H,16-17,20-21,26-28,30-32H2. The summed E-state index contributed by atoms with van der Waals surface area (Å²) < 4.78 is 57.8. The van der Waals surface area contributed by atoms with E-state index in [0.29, 0.717) is 75.0 Å². The van der Waals surface area contributed by atoms with Gasteiger partial charge < -0.3 is 10.6 Å². The third-order valence-corrected chi connectivity index (χ3v) is 14.2. The molecule has 0 bridgehead atoms. The van der Waals surface area contributed by atoms with Crippen LogP contribution in [-0.2, 0) is 72.2 Å². The molecule has 0 radical (unpaired) electrons. The molecule has 4 heterocycles. The molecular formula is C44H44N6O4S2. The number of hydrogen-bond acceptors (Lipinski definition) is 8. The van der Waals surface area contributed by atoms with Gasteiger partial charge in [0.25, 0.3) is 0 Å². The zero-order valence-corrected chi connectivity index (χ0v) is 32.6. The fourth-order valence-corrected chi connectivity index (χ4v) is 10.4. The molecule has 0 aliphatic carbocycles. The molecule has 2 aliphatic rings.